The number of nitrogens with zero attached hydrogens (tertiary/aromatic N) is 2. The highest BCUT2D eigenvalue weighted by Gasteiger charge is 2.28. The van der Waals surface area contributed by atoms with E-state index in [4.69, 9.17) is 0 Å². The molecule has 7 nitrogen and oxygen atoms in total. The van der Waals surface area contributed by atoms with Gasteiger partial charge >= 0.3 is 0 Å². The molecule has 0 unspecified atom stereocenters. The summed E-state index contributed by atoms with van der Waals surface area (Å²) in [7, 11) is 0. The van der Waals surface area contributed by atoms with Crippen LogP contribution in [-0.2, 0) is 9.63 Å². The van der Waals surface area contributed by atoms with Crippen molar-refractivity contribution in [2.45, 2.75) is 32.1 Å². The van der Waals surface area contributed by atoms with Crippen LogP contribution in [0.1, 0.15) is 32.1 Å². The molecular weight excluding hydrogens is 262 g/mol. The van der Waals surface area contributed by atoms with Gasteiger partial charge in [0.05, 0.1) is 6.61 Å². The number of amides is 1. The Bertz CT molecular complexity index is 337. The predicted molar refractivity (Wildman–Crippen MR) is 72.5 cm³/mol. The molecule has 0 aliphatic carbocycles. The van der Waals surface area contributed by atoms with Crippen molar-refractivity contribution in [2.24, 2.45) is 11.8 Å². The second-order valence-corrected chi connectivity index (χ2v) is 5.64. The Morgan fingerprint density at radius 1 is 1.25 bits per heavy atom. The van der Waals surface area contributed by atoms with Crippen LogP contribution in [0, 0.1) is 22.0 Å². The summed E-state index contributed by atoms with van der Waals surface area (Å²) in [6.07, 6.45) is 4.44. The van der Waals surface area contributed by atoms with Crippen LogP contribution in [0.2, 0.25) is 0 Å². The highest BCUT2D eigenvalue weighted by atomic mass is 16.9. The van der Waals surface area contributed by atoms with Crippen LogP contribution >= 0.6 is 0 Å². The maximum atomic E-state index is 12.3. The van der Waals surface area contributed by atoms with E-state index >= 15 is 0 Å². The number of carbonyl (C=O) groups is 1. The van der Waals surface area contributed by atoms with E-state index in [2.05, 4.69) is 10.2 Å². The number of hydrogen-bond donors (Lipinski definition) is 1. The van der Waals surface area contributed by atoms with Gasteiger partial charge in [-0.15, -0.1) is 10.1 Å². The van der Waals surface area contributed by atoms with Crippen molar-refractivity contribution in [3.05, 3.63) is 10.1 Å². The summed E-state index contributed by atoms with van der Waals surface area (Å²) in [5.74, 6) is 0.920. The first kappa shape index (κ1) is 15.0. The molecule has 7 heteroatoms. The molecule has 20 heavy (non-hydrogen) atoms. The summed E-state index contributed by atoms with van der Waals surface area (Å²) >= 11 is 0. The standard InChI is InChI=1S/C13H23N3O4/c17-13(12-1-6-14-7-2-12)15-8-3-11(4-9-15)5-10-20-16(18)19/h11-12,14H,1-10H2. The summed E-state index contributed by atoms with van der Waals surface area (Å²) in [6, 6.07) is 0. The van der Waals surface area contributed by atoms with Crippen LogP contribution in [-0.4, -0.2) is 48.7 Å². The van der Waals surface area contributed by atoms with E-state index in [1.54, 1.807) is 0 Å². The molecule has 0 atom stereocenters. The molecule has 1 amide bonds. The lowest BCUT2D eigenvalue weighted by Gasteiger charge is -2.35. The number of nitrogens with one attached hydrogen (secondary N) is 1. The van der Waals surface area contributed by atoms with Crippen LogP contribution < -0.4 is 5.32 Å². The molecule has 0 radical (unpaired) electrons. The smallest absolute Gasteiger partial charge is 0.294 e. The minimum absolute atomic E-state index is 0.167. The zero-order valence-electron chi connectivity index (χ0n) is 11.8. The van der Waals surface area contributed by atoms with Crippen molar-refractivity contribution in [1.29, 1.82) is 0 Å². The van der Waals surface area contributed by atoms with Gasteiger partial charge in [0, 0.05) is 19.0 Å². The molecule has 0 aromatic carbocycles. The molecule has 1 N–H and O–H groups in total. The van der Waals surface area contributed by atoms with E-state index in [9.17, 15) is 14.9 Å². The van der Waals surface area contributed by atoms with E-state index in [0.29, 0.717) is 18.2 Å². The van der Waals surface area contributed by atoms with Crippen LogP contribution in [0.15, 0.2) is 0 Å². The van der Waals surface area contributed by atoms with Crippen LogP contribution in [0.3, 0.4) is 0 Å². The minimum Gasteiger partial charge on any atom is -0.342 e. The first-order valence-electron chi connectivity index (χ1n) is 7.43. The van der Waals surface area contributed by atoms with E-state index in [-0.39, 0.29) is 12.5 Å². The van der Waals surface area contributed by atoms with Gasteiger partial charge in [0.1, 0.15) is 0 Å². The Morgan fingerprint density at radius 3 is 2.50 bits per heavy atom. The van der Waals surface area contributed by atoms with Crippen molar-refractivity contribution in [3.8, 4) is 0 Å². The fourth-order valence-electron chi connectivity index (χ4n) is 3.06. The molecule has 114 valence electrons. The molecule has 2 aliphatic heterocycles. The normalized spacial score (nSPS) is 21.7. The minimum atomic E-state index is -0.740. The SMILES string of the molecule is O=C(C1CCNCC1)N1CCC(CCO[N+](=O)[O-])CC1. The summed E-state index contributed by atoms with van der Waals surface area (Å²) in [6.45, 7) is 3.61. The van der Waals surface area contributed by atoms with Crippen molar-refractivity contribution >= 4 is 5.91 Å². The molecule has 0 saturated carbocycles. The zero-order valence-corrected chi connectivity index (χ0v) is 11.8. The molecular formula is C13H23N3O4. The Kier molecular flexibility index (Phi) is 5.58. The third-order valence-corrected chi connectivity index (χ3v) is 4.34. The molecule has 2 heterocycles. The van der Waals surface area contributed by atoms with Crippen molar-refractivity contribution < 1.29 is 14.7 Å². The fourth-order valence-corrected chi connectivity index (χ4v) is 3.06. The number of rotatable bonds is 5. The lowest BCUT2D eigenvalue weighted by atomic mass is 9.91. The predicted octanol–water partition coefficient (Wildman–Crippen LogP) is 0.823. The van der Waals surface area contributed by atoms with Crippen LogP contribution in [0.25, 0.3) is 0 Å². The summed E-state index contributed by atoms with van der Waals surface area (Å²) in [5.41, 5.74) is 0. The third kappa shape index (κ3) is 4.33. The van der Waals surface area contributed by atoms with E-state index in [1.807, 2.05) is 4.90 Å². The Morgan fingerprint density at radius 2 is 1.90 bits per heavy atom. The number of carbonyl (C=O) groups excluding carboxylic acids is 1. The average molecular weight is 285 g/mol. The van der Waals surface area contributed by atoms with Crippen molar-refractivity contribution in [2.75, 3.05) is 32.8 Å². The maximum Gasteiger partial charge on any atom is 0.294 e. The first-order chi connectivity index (χ1) is 9.66. The number of likely N-dealkylation sites (tertiary alicyclic amines) is 1. The van der Waals surface area contributed by atoms with Gasteiger partial charge in [0.25, 0.3) is 5.09 Å². The Balaban J connectivity index is 1.68. The van der Waals surface area contributed by atoms with Crippen molar-refractivity contribution in [1.82, 2.24) is 10.2 Å². The topological polar surface area (TPSA) is 84.7 Å². The first-order valence-corrected chi connectivity index (χ1v) is 7.43. The third-order valence-electron chi connectivity index (χ3n) is 4.34. The summed E-state index contributed by atoms with van der Waals surface area (Å²) in [4.78, 5) is 28.8. The zero-order chi connectivity index (χ0) is 14.4. The van der Waals surface area contributed by atoms with Gasteiger partial charge in [-0.1, -0.05) is 0 Å². The van der Waals surface area contributed by atoms with Crippen molar-refractivity contribution in [3.63, 3.8) is 0 Å². The van der Waals surface area contributed by atoms with Gasteiger partial charge in [0.2, 0.25) is 5.91 Å². The van der Waals surface area contributed by atoms with E-state index < -0.39 is 5.09 Å². The van der Waals surface area contributed by atoms with Gasteiger partial charge < -0.3 is 15.1 Å². The molecule has 0 spiro atoms. The quantitative estimate of drug-likeness (QED) is 0.597. The molecule has 2 aliphatic rings. The van der Waals surface area contributed by atoms with E-state index in [0.717, 1.165) is 51.9 Å². The highest BCUT2D eigenvalue weighted by Crippen LogP contribution is 2.23. The Hall–Kier alpha value is -1.37. The molecule has 2 fully saturated rings. The van der Waals surface area contributed by atoms with Gasteiger partial charge in [-0.05, 0) is 51.1 Å². The summed E-state index contributed by atoms with van der Waals surface area (Å²) < 4.78 is 0. The number of piperidine rings is 2. The van der Waals surface area contributed by atoms with Crippen LogP contribution in [0.4, 0.5) is 0 Å². The Labute approximate surface area is 118 Å². The maximum absolute atomic E-state index is 12.3. The lowest BCUT2D eigenvalue weighted by molar-refractivity contribution is -0.758. The lowest BCUT2D eigenvalue weighted by Crippen LogP contribution is -2.44. The second-order valence-electron chi connectivity index (χ2n) is 5.64. The summed E-state index contributed by atoms with van der Waals surface area (Å²) in [5, 5.41) is 12.6. The molecule has 0 aromatic rings. The highest BCUT2D eigenvalue weighted by molar-refractivity contribution is 5.79. The molecule has 2 rings (SSSR count). The van der Waals surface area contributed by atoms with Gasteiger partial charge in [-0.3, -0.25) is 4.79 Å². The van der Waals surface area contributed by atoms with Gasteiger partial charge in [-0.2, -0.15) is 0 Å². The largest absolute Gasteiger partial charge is 0.342 e. The second kappa shape index (κ2) is 7.42. The molecule has 0 aromatic heterocycles. The monoisotopic (exact) mass is 285 g/mol. The van der Waals surface area contributed by atoms with E-state index in [1.165, 1.54) is 0 Å². The number of hydrogen-bond acceptors (Lipinski definition) is 5. The van der Waals surface area contributed by atoms with Gasteiger partial charge in [0.15, 0.2) is 0 Å². The fraction of sp³-hybridized carbons (Fsp3) is 0.923. The molecule has 2 saturated heterocycles. The van der Waals surface area contributed by atoms with Gasteiger partial charge in [-0.25, -0.2) is 0 Å². The van der Waals surface area contributed by atoms with Crippen LogP contribution in [0.5, 0.6) is 0 Å². The average Bonchev–Trinajstić information content (AvgIpc) is 2.48. The molecule has 0 bridgehead atoms.